The first kappa shape index (κ1) is 26.1. The Morgan fingerprint density at radius 2 is 1.58 bits per heavy atom. The molecule has 0 aliphatic rings. The molecule has 8 nitrogen and oxygen atoms in total. The summed E-state index contributed by atoms with van der Waals surface area (Å²) in [5.74, 6) is -2.35. The van der Waals surface area contributed by atoms with Crippen molar-refractivity contribution in [1.82, 2.24) is 4.90 Å². The minimum Gasteiger partial charge on any atom is -0.463 e. The summed E-state index contributed by atoms with van der Waals surface area (Å²) in [6.45, 7) is 11.6. The minimum atomic E-state index is -1.32. The van der Waals surface area contributed by atoms with E-state index in [9.17, 15) is 19.2 Å². The first-order valence-corrected chi connectivity index (χ1v) is 10.3. The molecule has 0 aromatic heterocycles. The molecule has 0 bridgehead atoms. The Kier molecular flexibility index (Phi) is 9.68. The molecule has 0 radical (unpaired) electrons. The molecule has 2 amide bonds. The van der Waals surface area contributed by atoms with Crippen LogP contribution in [0.25, 0.3) is 0 Å². The fraction of sp³-hybridized carbons (Fsp3) is 0.565. The van der Waals surface area contributed by atoms with Gasteiger partial charge in [-0.2, -0.15) is 0 Å². The molecule has 172 valence electrons. The molecule has 0 saturated carbocycles. The topological polar surface area (TPSA) is 99.2 Å². The van der Waals surface area contributed by atoms with Crippen LogP contribution in [-0.4, -0.2) is 47.1 Å². The Balaban J connectivity index is 3.28. The summed E-state index contributed by atoms with van der Waals surface area (Å²) in [5, 5.41) is 0. The number of benzene rings is 1. The van der Waals surface area contributed by atoms with Crippen molar-refractivity contribution in [1.29, 1.82) is 0 Å². The van der Waals surface area contributed by atoms with Crippen molar-refractivity contribution in [3.63, 3.8) is 0 Å². The standard InChI is InChI=1S/C23H33NO7/c1-8-29-21(27)19(17-12-10-9-11-13-17)30-20(26)18(14-15(2)3)24(16(4)25)22(28)31-23(5,6)7/h9-13,15,18-19H,8,14H2,1-7H3/t18-,19+/m1/s1. The zero-order valence-electron chi connectivity index (χ0n) is 19.3. The Labute approximate surface area is 183 Å². The summed E-state index contributed by atoms with van der Waals surface area (Å²) in [4.78, 5) is 51.4. The first-order valence-electron chi connectivity index (χ1n) is 10.3. The molecular weight excluding hydrogens is 402 g/mol. The lowest BCUT2D eigenvalue weighted by molar-refractivity contribution is -0.172. The van der Waals surface area contributed by atoms with E-state index in [0.717, 1.165) is 4.90 Å². The van der Waals surface area contributed by atoms with Crippen LogP contribution < -0.4 is 0 Å². The van der Waals surface area contributed by atoms with E-state index < -0.39 is 41.7 Å². The van der Waals surface area contributed by atoms with Crippen LogP contribution in [0.15, 0.2) is 30.3 Å². The summed E-state index contributed by atoms with van der Waals surface area (Å²) in [6, 6.07) is 7.15. The van der Waals surface area contributed by atoms with Gasteiger partial charge in [0.2, 0.25) is 12.0 Å². The van der Waals surface area contributed by atoms with Crippen molar-refractivity contribution in [2.75, 3.05) is 6.61 Å². The zero-order valence-corrected chi connectivity index (χ0v) is 19.3. The predicted octanol–water partition coefficient (Wildman–Crippen LogP) is 4.03. The molecule has 0 unspecified atom stereocenters. The Morgan fingerprint density at radius 1 is 1.00 bits per heavy atom. The summed E-state index contributed by atoms with van der Waals surface area (Å²) in [5.41, 5.74) is -0.446. The zero-order chi connectivity index (χ0) is 23.8. The number of hydrogen-bond donors (Lipinski definition) is 0. The quantitative estimate of drug-likeness (QED) is 0.449. The van der Waals surface area contributed by atoms with Gasteiger partial charge in [0, 0.05) is 12.5 Å². The number of amides is 2. The van der Waals surface area contributed by atoms with Crippen molar-refractivity contribution in [3.8, 4) is 0 Å². The van der Waals surface area contributed by atoms with Gasteiger partial charge < -0.3 is 14.2 Å². The van der Waals surface area contributed by atoms with Gasteiger partial charge in [-0.25, -0.2) is 19.3 Å². The average Bonchev–Trinajstić information content (AvgIpc) is 2.64. The molecule has 0 aliphatic carbocycles. The van der Waals surface area contributed by atoms with Crippen LogP contribution in [0.5, 0.6) is 0 Å². The van der Waals surface area contributed by atoms with Crippen LogP contribution in [0.3, 0.4) is 0 Å². The maximum Gasteiger partial charge on any atom is 0.417 e. The molecule has 0 heterocycles. The van der Waals surface area contributed by atoms with E-state index in [1.54, 1.807) is 58.0 Å². The summed E-state index contributed by atoms with van der Waals surface area (Å²) in [7, 11) is 0. The lowest BCUT2D eigenvalue weighted by Crippen LogP contribution is -2.51. The molecule has 1 aromatic rings. The summed E-state index contributed by atoms with van der Waals surface area (Å²) in [6.07, 6.45) is -2.13. The van der Waals surface area contributed by atoms with E-state index in [4.69, 9.17) is 14.2 Å². The maximum atomic E-state index is 13.2. The van der Waals surface area contributed by atoms with Crippen LogP contribution in [0, 0.1) is 5.92 Å². The largest absolute Gasteiger partial charge is 0.463 e. The second kappa shape index (κ2) is 11.5. The van der Waals surface area contributed by atoms with Crippen LogP contribution in [-0.2, 0) is 28.6 Å². The highest BCUT2D eigenvalue weighted by Crippen LogP contribution is 2.24. The van der Waals surface area contributed by atoms with Crippen molar-refractivity contribution in [3.05, 3.63) is 35.9 Å². The van der Waals surface area contributed by atoms with Crippen molar-refractivity contribution in [2.45, 2.75) is 72.6 Å². The van der Waals surface area contributed by atoms with Crippen molar-refractivity contribution in [2.24, 2.45) is 5.92 Å². The van der Waals surface area contributed by atoms with Gasteiger partial charge >= 0.3 is 18.0 Å². The third kappa shape index (κ3) is 8.39. The number of carbonyl (C=O) groups is 4. The van der Waals surface area contributed by atoms with Gasteiger partial charge in [-0.3, -0.25) is 4.79 Å². The highest BCUT2D eigenvalue weighted by atomic mass is 16.6. The normalized spacial score (nSPS) is 13.2. The number of esters is 2. The lowest BCUT2D eigenvalue weighted by Gasteiger charge is -2.31. The Bertz CT molecular complexity index is 768. The number of imide groups is 1. The minimum absolute atomic E-state index is 0.0559. The van der Waals surface area contributed by atoms with E-state index in [0.29, 0.717) is 5.56 Å². The van der Waals surface area contributed by atoms with E-state index in [1.807, 2.05) is 13.8 Å². The lowest BCUT2D eigenvalue weighted by atomic mass is 10.0. The third-order valence-electron chi connectivity index (χ3n) is 4.04. The molecule has 31 heavy (non-hydrogen) atoms. The smallest absolute Gasteiger partial charge is 0.417 e. The molecule has 0 N–H and O–H groups in total. The number of nitrogens with zero attached hydrogens (tertiary/aromatic N) is 1. The molecule has 0 fully saturated rings. The molecule has 0 saturated heterocycles. The highest BCUT2D eigenvalue weighted by molar-refractivity contribution is 5.96. The van der Waals surface area contributed by atoms with E-state index in [2.05, 4.69) is 0 Å². The van der Waals surface area contributed by atoms with Crippen molar-refractivity contribution >= 4 is 23.9 Å². The fourth-order valence-corrected chi connectivity index (χ4v) is 2.83. The van der Waals surface area contributed by atoms with Crippen LogP contribution in [0.4, 0.5) is 4.79 Å². The Hall–Kier alpha value is -2.90. The van der Waals surface area contributed by atoms with E-state index >= 15 is 0 Å². The van der Waals surface area contributed by atoms with Gasteiger partial charge in [-0.1, -0.05) is 44.2 Å². The molecule has 1 rings (SSSR count). The summed E-state index contributed by atoms with van der Waals surface area (Å²) < 4.78 is 15.9. The molecular formula is C23H33NO7. The second-order valence-electron chi connectivity index (χ2n) is 8.49. The molecule has 2 atom stereocenters. The predicted molar refractivity (Wildman–Crippen MR) is 114 cm³/mol. The van der Waals surface area contributed by atoms with Crippen LogP contribution >= 0.6 is 0 Å². The van der Waals surface area contributed by atoms with Gasteiger partial charge in [0.1, 0.15) is 11.6 Å². The van der Waals surface area contributed by atoms with E-state index in [1.165, 1.54) is 6.92 Å². The van der Waals surface area contributed by atoms with Crippen LogP contribution in [0.1, 0.15) is 66.6 Å². The van der Waals surface area contributed by atoms with Gasteiger partial charge in [0.15, 0.2) is 0 Å². The van der Waals surface area contributed by atoms with Crippen LogP contribution in [0.2, 0.25) is 0 Å². The SMILES string of the molecule is CCOC(=O)[C@@H](OC(=O)[C@@H](CC(C)C)N(C(C)=O)C(=O)OC(C)(C)C)c1ccccc1. The monoisotopic (exact) mass is 435 g/mol. The van der Waals surface area contributed by atoms with Gasteiger partial charge in [0.05, 0.1) is 6.61 Å². The molecule has 0 spiro atoms. The molecule has 0 aliphatic heterocycles. The number of ether oxygens (including phenoxy) is 3. The average molecular weight is 436 g/mol. The number of carbonyl (C=O) groups excluding carboxylic acids is 4. The van der Waals surface area contributed by atoms with Gasteiger partial charge in [-0.15, -0.1) is 0 Å². The van der Waals surface area contributed by atoms with Crippen molar-refractivity contribution < 1.29 is 33.4 Å². The molecule has 8 heteroatoms. The van der Waals surface area contributed by atoms with E-state index in [-0.39, 0.29) is 18.9 Å². The molecule has 1 aromatic carbocycles. The Morgan fingerprint density at radius 3 is 2.03 bits per heavy atom. The highest BCUT2D eigenvalue weighted by Gasteiger charge is 2.39. The van der Waals surface area contributed by atoms with Gasteiger partial charge in [-0.05, 0) is 40.0 Å². The number of rotatable bonds is 8. The first-order chi connectivity index (χ1) is 14.4. The fourth-order valence-electron chi connectivity index (χ4n) is 2.83. The summed E-state index contributed by atoms with van der Waals surface area (Å²) >= 11 is 0. The number of hydrogen-bond acceptors (Lipinski definition) is 7. The third-order valence-corrected chi connectivity index (χ3v) is 4.04. The maximum absolute atomic E-state index is 13.2. The second-order valence-corrected chi connectivity index (χ2v) is 8.49. The van der Waals surface area contributed by atoms with Gasteiger partial charge in [0.25, 0.3) is 0 Å².